The van der Waals surface area contributed by atoms with E-state index < -0.39 is 11.4 Å². The van der Waals surface area contributed by atoms with E-state index in [4.69, 9.17) is 4.55 Å². The van der Waals surface area contributed by atoms with E-state index >= 15 is 0 Å². The molecule has 1 rings (SSSR count). The number of hydrogen-bond acceptors (Lipinski definition) is 2. The highest BCUT2D eigenvalue weighted by molar-refractivity contribution is 7.74. The zero-order valence-corrected chi connectivity index (χ0v) is 11.7. The number of rotatable bonds is 9. The Morgan fingerprint density at radius 2 is 1.67 bits per heavy atom. The first-order valence-corrected chi connectivity index (χ1v) is 7.63. The molecule has 0 heterocycles. The average Bonchev–Trinajstić information content (AvgIpc) is 2.35. The number of hydrogen-bond donors (Lipinski definition) is 1. The quantitative estimate of drug-likeness (QED) is 0.542. The van der Waals surface area contributed by atoms with Gasteiger partial charge in [-0.15, -0.1) is 0 Å². The second-order valence-electron chi connectivity index (χ2n) is 4.46. The molecule has 4 heteroatoms. The molecular formula is C14H22O3S. The second-order valence-corrected chi connectivity index (χ2v) is 5.06. The van der Waals surface area contributed by atoms with Crippen molar-refractivity contribution in [2.45, 2.75) is 51.9 Å². The van der Waals surface area contributed by atoms with Gasteiger partial charge >= 0.3 is 11.4 Å². The summed E-state index contributed by atoms with van der Waals surface area (Å²) in [6.45, 7) is 2.23. The predicted octanol–water partition coefficient (Wildman–Crippen LogP) is 4.11. The molecule has 1 unspecified atom stereocenters. The lowest BCUT2D eigenvalue weighted by molar-refractivity contribution is 0.458. The highest BCUT2D eigenvalue weighted by atomic mass is 32.2. The lowest BCUT2D eigenvalue weighted by Gasteiger charge is -2.04. The summed E-state index contributed by atoms with van der Waals surface area (Å²) >= 11 is -2.23. The third-order valence-corrected chi connectivity index (χ3v) is 3.24. The normalized spacial score (nSPS) is 12.3. The molecule has 102 valence electrons. The van der Waals surface area contributed by atoms with Crippen molar-refractivity contribution in [3.8, 4) is 5.75 Å². The summed E-state index contributed by atoms with van der Waals surface area (Å²) in [7, 11) is 0. The van der Waals surface area contributed by atoms with Crippen LogP contribution >= 0.6 is 0 Å². The first-order valence-electron chi connectivity index (χ1n) is 6.60. The van der Waals surface area contributed by atoms with Crippen molar-refractivity contribution in [1.82, 2.24) is 0 Å². The van der Waals surface area contributed by atoms with Gasteiger partial charge in [0, 0.05) is 0 Å². The smallest absolute Gasteiger partial charge is 0.357 e. The number of benzene rings is 1. The fraction of sp³-hybridized carbons (Fsp3) is 0.571. The first kappa shape index (κ1) is 15.2. The standard InChI is InChI=1S/C14H22O3S/c1-2-3-4-5-6-7-8-13-9-11-14(12-10-13)17-18(15)16/h9-12H,2-8H2,1H3,(H,15,16). The number of unbranched alkanes of at least 4 members (excludes halogenated alkanes) is 5. The van der Waals surface area contributed by atoms with Gasteiger partial charge in [0.2, 0.25) is 0 Å². The molecule has 0 saturated heterocycles. The van der Waals surface area contributed by atoms with Crippen LogP contribution < -0.4 is 4.18 Å². The maximum Gasteiger partial charge on any atom is 0.357 e. The van der Waals surface area contributed by atoms with Crippen molar-refractivity contribution >= 4 is 11.4 Å². The van der Waals surface area contributed by atoms with E-state index in [-0.39, 0.29) is 0 Å². The van der Waals surface area contributed by atoms with Gasteiger partial charge in [-0.2, -0.15) is 4.21 Å². The molecule has 0 aromatic heterocycles. The fourth-order valence-electron chi connectivity index (χ4n) is 1.90. The fourth-order valence-corrected chi connectivity index (χ4v) is 2.18. The molecule has 0 aliphatic carbocycles. The van der Waals surface area contributed by atoms with E-state index in [0.717, 1.165) is 6.42 Å². The SMILES string of the molecule is CCCCCCCCc1ccc(OS(=O)O)cc1. The van der Waals surface area contributed by atoms with Crippen LogP contribution in [0.1, 0.15) is 51.0 Å². The minimum atomic E-state index is -2.23. The van der Waals surface area contributed by atoms with Crippen molar-refractivity contribution in [2.24, 2.45) is 0 Å². The molecule has 0 bridgehead atoms. The summed E-state index contributed by atoms with van der Waals surface area (Å²) in [6, 6.07) is 7.38. The molecular weight excluding hydrogens is 248 g/mol. The van der Waals surface area contributed by atoms with Crippen LogP contribution in [-0.2, 0) is 17.8 Å². The molecule has 1 N–H and O–H groups in total. The van der Waals surface area contributed by atoms with Gasteiger partial charge < -0.3 is 4.18 Å². The summed E-state index contributed by atoms with van der Waals surface area (Å²) < 4.78 is 23.7. The Morgan fingerprint density at radius 1 is 1.06 bits per heavy atom. The molecule has 0 spiro atoms. The first-order chi connectivity index (χ1) is 8.72. The summed E-state index contributed by atoms with van der Waals surface area (Å²) in [5.74, 6) is 0.433. The van der Waals surface area contributed by atoms with Crippen molar-refractivity contribution < 1.29 is 12.9 Å². The van der Waals surface area contributed by atoms with Crippen LogP contribution in [0.2, 0.25) is 0 Å². The van der Waals surface area contributed by atoms with Crippen LogP contribution in [0.25, 0.3) is 0 Å². The lowest BCUT2D eigenvalue weighted by atomic mass is 10.1. The Bertz CT molecular complexity index is 349. The van der Waals surface area contributed by atoms with Gasteiger partial charge in [-0.05, 0) is 30.5 Å². The van der Waals surface area contributed by atoms with E-state index in [9.17, 15) is 4.21 Å². The predicted molar refractivity (Wildman–Crippen MR) is 74.9 cm³/mol. The van der Waals surface area contributed by atoms with Crippen LogP contribution in [0.5, 0.6) is 5.75 Å². The van der Waals surface area contributed by atoms with Gasteiger partial charge in [0.15, 0.2) is 0 Å². The van der Waals surface area contributed by atoms with Crippen molar-refractivity contribution in [1.29, 1.82) is 0 Å². The Labute approximate surface area is 112 Å². The van der Waals surface area contributed by atoms with Crippen LogP contribution in [0.15, 0.2) is 24.3 Å². The van der Waals surface area contributed by atoms with Crippen molar-refractivity contribution in [2.75, 3.05) is 0 Å². The van der Waals surface area contributed by atoms with Gasteiger partial charge in [0.05, 0.1) is 0 Å². The molecule has 0 fully saturated rings. The van der Waals surface area contributed by atoms with E-state index in [1.807, 2.05) is 12.1 Å². The topological polar surface area (TPSA) is 46.5 Å². The zero-order valence-electron chi connectivity index (χ0n) is 10.9. The highest BCUT2D eigenvalue weighted by Crippen LogP contribution is 2.15. The summed E-state index contributed by atoms with van der Waals surface area (Å²) in [6.07, 6.45) is 8.82. The molecule has 18 heavy (non-hydrogen) atoms. The minimum absolute atomic E-state index is 0.433. The van der Waals surface area contributed by atoms with Crippen LogP contribution in [0.4, 0.5) is 0 Å². The van der Waals surface area contributed by atoms with Crippen LogP contribution in [0, 0.1) is 0 Å². The summed E-state index contributed by atoms with van der Waals surface area (Å²) in [5, 5.41) is 0. The Hall–Kier alpha value is -0.870. The van der Waals surface area contributed by atoms with Gasteiger partial charge in [-0.25, -0.2) is 0 Å². The van der Waals surface area contributed by atoms with E-state index in [0.29, 0.717) is 5.75 Å². The molecule has 1 atom stereocenters. The van der Waals surface area contributed by atoms with Crippen LogP contribution in [0.3, 0.4) is 0 Å². The lowest BCUT2D eigenvalue weighted by Crippen LogP contribution is -1.97. The maximum absolute atomic E-state index is 10.4. The minimum Gasteiger partial charge on any atom is -0.380 e. The van der Waals surface area contributed by atoms with Gasteiger partial charge in [0.25, 0.3) is 0 Å². The van der Waals surface area contributed by atoms with Gasteiger partial charge in [0.1, 0.15) is 5.75 Å². The monoisotopic (exact) mass is 270 g/mol. The van der Waals surface area contributed by atoms with Crippen molar-refractivity contribution in [3.63, 3.8) is 0 Å². The third kappa shape index (κ3) is 6.77. The van der Waals surface area contributed by atoms with Gasteiger partial charge in [-0.3, -0.25) is 4.55 Å². The Morgan fingerprint density at radius 3 is 2.28 bits per heavy atom. The van der Waals surface area contributed by atoms with E-state index in [1.165, 1.54) is 44.1 Å². The Kier molecular flexibility index (Phi) is 7.69. The third-order valence-electron chi connectivity index (χ3n) is 2.91. The largest absolute Gasteiger partial charge is 0.380 e. The Balaban J connectivity index is 2.20. The average molecular weight is 270 g/mol. The van der Waals surface area contributed by atoms with E-state index in [2.05, 4.69) is 11.1 Å². The molecule has 1 aromatic carbocycles. The molecule has 0 radical (unpaired) electrons. The van der Waals surface area contributed by atoms with Gasteiger partial charge in [-0.1, -0.05) is 51.2 Å². The van der Waals surface area contributed by atoms with E-state index in [1.54, 1.807) is 12.1 Å². The zero-order chi connectivity index (χ0) is 13.2. The van der Waals surface area contributed by atoms with Crippen LogP contribution in [-0.4, -0.2) is 8.76 Å². The number of aryl methyl sites for hydroxylation is 1. The second kappa shape index (κ2) is 9.11. The highest BCUT2D eigenvalue weighted by Gasteiger charge is 1.99. The van der Waals surface area contributed by atoms with Crippen molar-refractivity contribution in [3.05, 3.63) is 29.8 Å². The molecule has 1 aromatic rings. The molecule has 0 aliphatic rings. The molecule has 0 aliphatic heterocycles. The molecule has 3 nitrogen and oxygen atoms in total. The summed E-state index contributed by atoms with van der Waals surface area (Å²) in [4.78, 5) is 0. The maximum atomic E-state index is 10.4. The molecule has 0 amide bonds. The summed E-state index contributed by atoms with van der Waals surface area (Å²) in [5.41, 5.74) is 1.25. The molecule has 0 saturated carbocycles.